The molecule has 14 heavy (non-hydrogen) atoms. The molecule has 0 unspecified atom stereocenters. The lowest BCUT2D eigenvalue weighted by molar-refractivity contribution is -0.117. The molecule has 0 saturated heterocycles. The van der Waals surface area contributed by atoms with Crippen LogP contribution in [0.4, 0.5) is 0 Å². The van der Waals surface area contributed by atoms with Gasteiger partial charge in [-0.3, -0.25) is 9.48 Å². The molecule has 2 aromatic rings. The molecule has 0 aliphatic carbocycles. The Labute approximate surface area is 89.8 Å². The summed E-state index contributed by atoms with van der Waals surface area (Å²) >= 11 is 3.39. The lowest BCUT2D eigenvalue weighted by Crippen LogP contribution is -2.06. The number of benzene rings is 1. The molecule has 0 N–H and O–H groups in total. The number of nitrogens with zero attached hydrogens (tertiary/aromatic N) is 2. The van der Waals surface area contributed by atoms with E-state index in [1.165, 1.54) is 0 Å². The van der Waals surface area contributed by atoms with Gasteiger partial charge in [-0.25, -0.2) is 0 Å². The minimum absolute atomic E-state index is 0.109. The topological polar surface area (TPSA) is 34.9 Å². The fraction of sp³-hybridized carbons (Fsp3) is 0.200. The molecule has 2 rings (SSSR count). The van der Waals surface area contributed by atoms with Gasteiger partial charge < -0.3 is 0 Å². The summed E-state index contributed by atoms with van der Waals surface area (Å²) in [6.45, 7) is 1.90. The quantitative estimate of drug-likeness (QED) is 0.823. The first-order valence-electron chi connectivity index (χ1n) is 4.27. The molecule has 0 aliphatic rings. The molecular formula is C10H9BrN2O. The maximum absolute atomic E-state index is 11.0. The predicted molar refractivity (Wildman–Crippen MR) is 58.1 cm³/mol. The van der Waals surface area contributed by atoms with E-state index in [9.17, 15) is 4.79 Å². The Kier molecular flexibility index (Phi) is 2.37. The Balaban J connectivity index is 2.52. The zero-order chi connectivity index (χ0) is 10.1. The van der Waals surface area contributed by atoms with Gasteiger partial charge in [-0.05, 0) is 25.1 Å². The van der Waals surface area contributed by atoms with Crippen molar-refractivity contribution in [3.05, 3.63) is 28.9 Å². The van der Waals surface area contributed by atoms with Crippen LogP contribution in [0.2, 0.25) is 0 Å². The summed E-state index contributed by atoms with van der Waals surface area (Å²) in [6, 6.07) is 5.88. The number of rotatable bonds is 2. The van der Waals surface area contributed by atoms with Crippen molar-refractivity contribution < 1.29 is 4.79 Å². The molecule has 0 atom stereocenters. The summed E-state index contributed by atoms with van der Waals surface area (Å²) in [5.41, 5.74) is 0.989. The first-order valence-corrected chi connectivity index (χ1v) is 5.06. The molecule has 4 heteroatoms. The van der Waals surface area contributed by atoms with E-state index in [-0.39, 0.29) is 5.78 Å². The molecule has 0 fully saturated rings. The van der Waals surface area contributed by atoms with E-state index >= 15 is 0 Å². The van der Waals surface area contributed by atoms with E-state index in [0.717, 1.165) is 15.4 Å². The summed E-state index contributed by atoms with van der Waals surface area (Å²) in [5, 5.41) is 5.19. The second-order valence-corrected chi connectivity index (χ2v) is 4.12. The maximum Gasteiger partial charge on any atom is 0.151 e. The Morgan fingerprint density at radius 3 is 3.07 bits per heavy atom. The Bertz CT molecular complexity index is 490. The monoisotopic (exact) mass is 252 g/mol. The van der Waals surface area contributed by atoms with E-state index in [2.05, 4.69) is 21.0 Å². The normalized spacial score (nSPS) is 10.7. The highest BCUT2D eigenvalue weighted by Gasteiger charge is 2.04. The van der Waals surface area contributed by atoms with E-state index < -0.39 is 0 Å². The third kappa shape index (κ3) is 1.70. The zero-order valence-electron chi connectivity index (χ0n) is 7.70. The number of fused-ring (bicyclic) bond motifs is 1. The first kappa shape index (κ1) is 9.40. The van der Waals surface area contributed by atoms with Gasteiger partial charge in [-0.15, -0.1) is 0 Å². The third-order valence-electron chi connectivity index (χ3n) is 1.98. The number of carbonyl (C=O) groups excluding carboxylic acids is 1. The van der Waals surface area contributed by atoms with Gasteiger partial charge in [0.2, 0.25) is 0 Å². The summed E-state index contributed by atoms with van der Waals surface area (Å²) in [4.78, 5) is 11.0. The predicted octanol–water partition coefficient (Wildman–Crippen LogP) is 2.39. The molecule has 0 aliphatic heterocycles. The van der Waals surface area contributed by atoms with E-state index in [0.29, 0.717) is 6.54 Å². The molecular weight excluding hydrogens is 244 g/mol. The largest absolute Gasteiger partial charge is 0.298 e. The number of aromatic nitrogens is 2. The van der Waals surface area contributed by atoms with E-state index in [1.54, 1.807) is 17.8 Å². The van der Waals surface area contributed by atoms with Crippen molar-refractivity contribution in [3.8, 4) is 0 Å². The van der Waals surface area contributed by atoms with Gasteiger partial charge in [-0.1, -0.05) is 15.9 Å². The number of carbonyl (C=O) groups is 1. The molecule has 1 heterocycles. The summed E-state index contributed by atoms with van der Waals surface area (Å²) in [5.74, 6) is 0.109. The number of Topliss-reactive ketones (excluding diaryl/α,β-unsaturated/α-hetero) is 1. The van der Waals surface area contributed by atoms with Gasteiger partial charge in [0.1, 0.15) is 0 Å². The average Bonchev–Trinajstić information content (AvgIpc) is 2.47. The van der Waals surface area contributed by atoms with Crippen molar-refractivity contribution in [3.63, 3.8) is 0 Å². The van der Waals surface area contributed by atoms with Gasteiger partial charge >= 0.3 is 0 Å². The summed E-state index contributed by atoms with van der Waals surface area (Å²) in [6.07, 6.45) is 1.77. The van der Waals surface area contributed by atoms with Crippen LogP contribution in [0, 0.1) is 0 Å². The Hall–Kier alpha value is -1.16. The van der Waals surface area contributed by atoms with Crippen molar-refractivity contribution in [2.24, 2.45) is 0 Å². The fourth-order valence-electron chi connectivity index (χ4n) is 1.39. The number of ketones is 1. The van der Waals surface area contributed by atoms with Crippen LogP contribution in [0.3, 0.4) is 0 Å². The average molecular weight is 253 g/mol. The number of hydrogen-bond donors (Lipinski definition) is 0. The summed E-state index contributed by atoms with van der Waals surface area (Å²) in [7, 11) is 0. The van der Waals surface area contributed by atoms with Crippen LogP contribution in [0.25, 0.3) is 10.9 Å². The Morgan fingerprint density at radius 2 is 2.36 bits per heavy atom. The van der Waals surface area contributed by atoms with Crippen molar-refractivity contribution in [1.29, 1.82) is 0 Å². The van der Waals surface area contributed by atoms with Crippen molar-refractivity contribution in [1.82, 2.24) is 9.78 Å². The maximum atomic E-state index is 11.0. The van der Waals surface area contributed by atoms with Crippen LogP contribution in [0.15, 0.2) is 28.9 Å². The van der Waals surface area contributed by atoms with E-state index in [1.807, 2.05) is 18.2 Å². The second kappa shape index (κ2) is 3.53. The smallest absolute Gasteiger partial charge is 0.151 e. The van der Waals surface area contributed by atoms with Crippen LogP contribution in [-0.2, 0) is 11.3 Å². The minimum Gasteiger partial charge on any atom is -0.298 e. The molecule has 3 nitrogen and oxygen atoms in total. The number of halogens is 1. The van der Waals surface area contributed by atoms with Gasteiger partial charge in [-0.2, -0.15) is 5.10 Å². The van der Waals surface area contributed by atoms with Gasteiger partial charge in [0.05, 0.1) is 18.3 Å². The van der Waals surface area contributed by atoms with Crippen LogP contribution >= 0.6 is 15.9 Å². The van der Waals surface area contributed by atoms with Crippen molar-refractivity contribution in [2.45, 2.75) is 13.5 Å². The third-order valence-corrected chi connectivity index (χ3v) is 2.47. The highest BCUT2D eigenvalue weighted by Crippen LogP contribution is 2.19. The number of hydrogen-bond acceptors (Lipinski definition) is 2. The summed E-state index contributed by atoms with van der Waals surface area (Å²) < 4.78 is 2.73. The van der Waals surface area contributed by atoms with Gasteiger partial charge in [0.25, 0.3) is 0 Å². The van der Waals surface area contributed by atoms with Crippen LogP contribution in [0.1, 0.15) is 6.92 Å². The molecule has 0 saturated carbocycles. The van der Waals surface area contributed by atoms with Crippen LogP contribution < -0.4 is 0 Å². The molecule has 0 spiro atoms. The molecule has 0 radical (unpaired) electrons. The zero-order valence-corrected chi connectivity index (χ0v) is 9.28. The lowest BCUT2D eigenvalue weighted by Gasteiger charge is -1.99. The van der Waals surface area contributed by atoms with E-state index in [4.69, 9.17) is 0 Å². The first-order chi connectivity index (χ1) is 6.66. The van der Waals surface area contributed by atoms with Crippen molar-refractivity contribution >= 4 is 32.6 Å². The lowest BCUT2D eigenvalue weighted by atomic mass is 10.2. The standard InChI is InChI=1S/C10H9BrN2O/c1-7(14)6-13-10-3-2-9(11)4-8(10)5-12-13/h2-5H,6H2,1H3. The minimum atomic E-state index is 0.109. The molecule has 0 amide bonds. The Morgan fingerprint density at radius 1 is 1.57 bits per heavy atom. The molecule has 1 aromatic heterocycles. The molecule has 72 valence electrons. The fourth-order valence-corrected chi connectivity index (χ4v) is 1.77. The SMILES string of the molecule is CC(=O)Cn1ncc2cc(Br)ccc21. The second-order valence-electron chi connectivity index (χ2n) is 3.21. The highest BCUT2D eigenvalue weighted by molar-refractivity contribution is 9.10. The molecule has 1 aromatic carbocycles. The van der Waals surface area contributed by atoms with Crippen LogP contribution in [-0.4, -0.2) is 15.6 Å². The highest BCUT2D eigenvalue weighted by atomic mass is 79.9. The molecule has 0 bridgehead atoms. The van der Waals surface area contributed by atoms with Gasteiger partial charge in [0.15, 0.2) is 5.78 Å². The van der Waals surface area contributed by atoms with Crippen LogP contribution in [0.5, 0.6) is 0 Å². The van der Waals surface area contributed by atoms with Gasteiger partial charge in [0, 0.05) is 9.86 Å². The van der Waals surface area contributed by atoms with Crippen molar-refractivity contribution in [2.75, 3.05) is 0 Å².